The van der Waals surface area contributed by atoms with E-state index in [1.165, 1.54) is 5.56 Å². The molecule has 0 atom stereocenters. The molecular weight excluding hydrogens is 204 g/mol. The van der Waals surface area contributed by atoms with Crippen LogP contribution in [0.25, 0.3) is 0 Å². The molecule has 0 spiro atoms. The number of hydrogen-bond donors (Lipinski definition) is 1. The van der Waals surface area contributed by atoms with E-state index < -0.39 is 0 Å². The summed E-state index contributed by atoms with van der Waals surface area (Å²) < 4.78 is 5.68. The maximum Gasteiger partial charge on any atom is 0.123 e. The molecule has 0 aliphatic rings. The van der Waals surface area contributed by atoms with Crippen molar-refractivity contribution >= 4 is 12.6 Å². The first-order valence-electron chi connectivity index (χ1n) is 5.23. The number of thiol groups is 1. The molecule has 0 N–H and O–H groups in total. The Labute approximate surface area is 97.6 Å². The summed E-state index contributed by atoms with van der Waals surface area (Å²) in [5.41, 5.74) is 1.26. The molecule has 0 aromatic heterocycles. The van der Waals surface area contributed by atoms with Gasteiger partial charge >= 0.3 is 0 Å². The maximum atomic E-state index is 5.68. The van der Waals surface area contributed by atoms with Crippen LogP contribution >= 0.6 is 12.6 Å². The number of ether oxygens (including phenoxy) is 1. The Balaban J connectivity index is 2.63. The molecule has 1 rings (SSSR count). The molecule has 0 amide bonds. The normalized spacial score (nSPS) is 11.2. The molecule has 0 aliphatic carbocycles. The highest BCUT2D eigenvalue weighted by Gasteiger charge is 2.05. The Hall–Kier alpha value is -0.890. The Morgan fingerprint density at radius 2 is 2.00 bits per heavy atom. The Kier molecular flexibility index (Phi) is 5.33. The van der Waals surface area contributed by atoms with Gasteiger partial charge in [0.2, 0.25) is 0 Å². The molecule has 0 bridgehead atoms. The van der Waals surface area contributed by atoms with Crippen molar-refractivity contribution < 1.29 is 4.74 Å². The number of benzene rings is 1. The summed E-state index contributed by atoms with van der Waals surface area (Å²) in [5, 5.41) is 0. The summed E-state index contributed by atoms with van der Waals surface area (Å²) in [6.45, 7) is 4.96. The fourth-order valence-electron chi connectivity index (χ4n) is 1.37. The molecule has 1 nitrogen and oxygen atoms in total. The first-order valence-corrected chi connectivity index (χ1v) is 5.86. The average molecular weight is 222 g/mol. The van der Waals surface area contributed by atoms with Crippen LogP contribution < -0.4 is 4.74 Å². The quantitative estimate of drug-likeness (QED) is 0.590. The van der Waals surface area contributed by atoms with E-state index in [9.17, 15) is 0 Å². The Morgan fingerprint density at radius 1 is 1.27 bits per heavy atom. The number of hydrogen-bond acceptors (Lipinski definition) is 2. The summed E-state index contributed by atoms with van der Waals surface area (Å²) >= 11 is 4.09. The smallest absolute Gasteiger partial charge is 0.123 e. The maximum absolute atomic E-state index is 5.68. The molecule has 0 radical (unpaired) electrons. The van der Waals surface area contributed by atoms with E-state index in [-0.39, 0.29) is 0 Å². The van der Waals surface area contributed by atoms with Gasteiger partial charge in [0.25, 0.3) is 0 Å². The second-order valence-corrected chi connectivity index (χ2v) is 4.02. The first-order chi connectivity index (χ1) is 7.25. The second-order valence-electron chi connectivity index (χ2n) is 3.66. The van der Waals surface area contributed by atoms with Crippen LogP contribution in [0.1, 0.15) is 25.3 Å². The van der Waals surface area contributed by atoms with Crippen LogP contribution in [0.3, 0.4) is 0 Å². The standard InChI is InChI=1S/C13H18OS/c1-11(2)12-7-3-4-8-13(12)14-9-5-6-10-15/h3-8,11,15H,9-10H2,1-2H3. The predicted molar refractivity (Wildman–Crippen MR) is 69.0 cm³/mol. The topological polar surface area (TPSA) is 9.23 Å². The van der Waals surface area contributed by atoms with Crippen molar-refractivity contribution in [2.24, 2.45) is 0 Å². The van der Waals surface area contributed by atoms with E-state index in [0.717, 1.165) is 11.5 Å². The zero-order chi connectivity index (χ0) is 11.1. The predicted octanol–water partition coefficient (Wildman–Crippen LogP) is 3.67. The number of rotatable bonds is 5. The highest BCUT2D eigenvalue weighted by Crippen LogP contribution is 2.25. The largest absolute Gasteiger partial charge is 0.489 e. The molecule has 1 aromatic carbocycles. The molecule has 0 fully saturated rings. The molecular formula is C13H18OS. The van der Waals surface area contributed by atoms with Gasteiger partial charge in [0, 0.05) is 5.75 Å². The minimum Gasteiger partial charge on any atom is -0.489 e. The monoisotopic (exact) mass is 222 g/mol. The Bertz CT molecular complexity index is 318. The molecule has 0 saturated carbocycles. The van der Waals surface area contributed by atoms with E-state index in [1.54, 1.807) is 0 Å². The van der Waals surface area contributed by atoms with Crippen LogP contribution in [0.2, 0.25) is 0 Å². The third-order valence-electron chi connectivity index (χ3n) is 2.15. The van der Waals surface area contributed by atoms with Gasteiger partial charge < -0.3 is 4.74 Å². The van der Waals surface area contributed by atoms with Gasteiger partial charge in [-0.05, 0) is 17.5 Å². The summed E-state index contributed by atoms with van der Waals surface area (Å²) in [5.74, 6) is 2.24. The fraction of sp³-hybridized carbons (Fsp3) is 0.385. The highest BCUT2D eigenvalue weighted by molar-refractivity contribution is 7.80. The second kappa shape index (κ2) is 6.57. The van der Waals surface area contributed by atoms with E-state index in [0.29, 0.717) is 12.5 Å². The lowest BCUT2D eigenvalue weighted by molar-refractivity contribution is 0.357. The van der Waals surface area contributed by atoms with Crippen LogP contribution in [0.4, 0.5) is 0 Å². The molecule has 0 saturated heterocycles. The van der Waals surface area contributed by atoms with Crippen molar-refractivity contribution in [2.45, 2.75) is 19.8 Å². The van der Waals surface area contributed by atoms with Crippen LogP contribution in [-0.4, -0.2) is 12.4 Å². The zero-order valence-corrected chi connectivity index (χ0v) is 10.2. The van der Waals surface area contributed by atoms with Crippen molar-refractivity contribution in [3.8, 4) is 5.75 Å². The van der Waals surface area contributed by atoms with Gasteiger partial charge in [-0.1, -0.05) is 44.2 Å². The minimum atomic E-state index is 0.495. The van der Waals surface area contributed by atoms with Crippen molar-refractivity contribution in [2.75, 3.05) is 12.4 Å². The molecule has 15 heavy (non-hydrogen) atoms. The van der Waals surface area contributed by atoms with Crippen LogP contribution in [0, 0.1) is 0 Å². The summed E-state index contributed by atoms with van der Waals surface area (Å²) in [7, 11) is 0. The SMILES string of the molecule is CC(C)c1ccccc1OCC=CCS. The summed E-state index contributed by atoms with van der Waals surface area (Å²) in [4.78, 5) is 0. The molecule has 0 aliphatic heterocycles. The van der Waals surface area contributed by atoms with E-state index in [2.05, 4.69) is 32.5 Å². The lowest BCUT2D eigenvalue weighted by Crippen LogP contribution is -1.98. The molecule has 2 heteroatoms. The van der Waals surface area contributed by atoms with Crippen LogP contribution in [0.15, 0.2) is 36.4 Å². The van der Waals surface area contributed by atoms with Gasteiger partial charge in [-0.2, -0.15) is 12.6 Å². The first kappa shape index (κ1) is 12.2. The summed E-state index contributed by atoms with van der Waals surface area (Å²) in [6.07, 6.45) is 3.98. The minimum absolute atomic E-state index is 0.495. The molecule has 0 unspecified atom stereocenters. The van der Waals surface area contributed by atoms with Gasteiger partial charge in [0.15, 0.2) is 0 Å². The lowest BCUT2D eigenvalue weighted by atomic mass is 10.0. The van der Waals surface area contributed by atoms with Crippen LogP contribution in [-0.2, 0) is 0 Å². The number of para-hydroxylation sites is 1. The molecule has 1 aromatic rings. The van der Waals surface area contributed by atoms with Crippen molar-refractivity contribution in [3.63, 3.8) is 0 Å². The van der Waals surface area contributed by atoms with Crippen molar-refractivity contribution in [1.29, 1.82) is 0 Å². The fourth-order valence-corrected chi connectivity index (χ4v) is 1.52. The van der Waals surface area contributed by atoms with E-state index >= 15 is 0 Å². The molecule has 82 valence electrons. The Morgan fingerprint density at radius 3 is 2.67 bits per heavy atom. The van der Waals surface area contributed by atoms with Gasteiger partial charge in [-0.25, -0.2) is 0 Å². The van der Waals surface area contributed by atoms with Crippen molar-refractivity contribution in [3.05, 3.63) is 42.0 Å². The zero-order valence-electron chi connectivity index (χ0n) is 9.31. The van der Waals surface area contributed by atoms with E-state index in [1.807, 2.05) is 30.4 Å². The van der Waals surface area contributed by atoms with Crippen LogP contribution in [0.5, 0.6) is 5.75 Å². The van der Waals surface area contributed by atoms with Gasteiger partial charge in [-0.15, -0.1) is 0 Å². The highest BCUT2D eigenvalue weighted by atomic mass is 32.1. The average Bonchev–Trinajstić information content (AvgIpc) is 2.25. The third kappa shape index (κ3) is 4.00. The van der Waals surface area contributed by atoms with E-state index in [4.69, 9.17) is 4.74 Å². The van der Waals surface area contributed by atoms with Gasteiger partial charge in [-0.3, -0.25) is 0 Å². The van der Waals surface area contributed by atoms with Crippen molar-refractivity contribution in [1.82, 2.24) is 0 Å². The molecule has 0 heterocycles. The lowest BCUT2D eigenvalue weighted by Gasteiger charge is -2.12. The summed E-state index contributed by atoms with van der Waals surface area (Å²) in [6, 6.07) is 8.18. The third-order valence-corrected chi connectivity index (χ3v) is 2.36. The van der Waals surface area contributed by atoms with Gasteiger partial charge in [0.05, 0.1) is 0 Å². The van der Waals surface area contributed by atoms with Gasteiger partial charge in [0.1, 0.15) is 12.4 Å².